The topological polar surface area (TPSA) is 54.3 Å². The Morgan fingerprint density at radius 1 is 1.06 bits per heavy atom. The van der Waals surface area contributed by atoms with E-state index in [2.05, 4.69) is 41.1 Å². The molecule has 3 aromatic rings. The van der Waals surface area contributed by atoms with Crippen LogP contribution in [-0.2, 0) is 18.4 Å². The summed E-state index contributed by atoms with van der Waals surface area (Å²) in [6, 6.07) is 14.8. The van der Waals surface area contributed by atoms with Gasteiger partial charge in [-0.15, -0.1) is 10.2 Å². The summed E-state index contributed by atoms with van der Waals surface area (Å²) in [7, 11) is 3.57. The third-order valence-corrected chi connectivity index (χ3v) is 6.21. The number of halogens is 1. The molecule has 0 spiro atoms. The third-order valence-electron chi connectivity index (χ3n) is 5.20. The highest BCUT2D eigenvalue weighted by molar-refractivity contribution is 7.99. The summed E-state index contributed by atoms with van der Waals surface area (Å²) < 4.78 is 15.7. The number of amides is 1. The van der Waals surface area contributed by atoms with E-state index >= 15 is 0 Å². The minimum Gasteiger partial charge on any atom is -0.372 e. The van der Waals surface area contributed by atoms with Gasteiger partial charge in [0.2, 0.25) is 5.91 Å². The van der Waals surface area contributed by atoms with Crippen molar-refractivity contribution in [1.82, 2.24) is 19.7 Å². The summed E-state index contributed by atoms with van der Waals surface area (Å²) >= 11 is 1.33. The van der Waals surface area contributed by atoms with Crippen molar-refractivity contribution in [3.05, 3.63) is 59.9 Å². The molecule has 6 nitrogen and oxygen atoms in total. The van der Waals surface area contributed by atoms with Crippen LogP contribution in [0.15, 0.2) is 53.7 Å². The Hall–Kier alpha value is -2.87. The largest absolute Gasteiger partial charge is 0.372 e. The minimum atomic E-state index is -0.306. The molecule has 1 aromatic heterocycles. The summed E-state index contributed by atoms with van der Waals surface area (Å²) in [5, 5.41) is 9.22. The number of anilines is 1. The number of hydrogen-bond donors (Lipinski definition) is 0. The molecule has 1 heterocycles. The average Bonchev–Trinajstić information content (AvgIpc) is 3.15. The van der Waals surface area contributed by atoms with Crippen LogP contribution in [0.3, 0.4) is 0 Å². The van der Waals surface area contributed by atoms with Gasteiger partial charge in [-0.3, -0.25) is 4.79 Å². The molecule has 8 heteroatoms. The molecule has 2 aromatic carbocycles. The maximum Gasteiger partial charge on any atom is 0.233 e. The Balaban J connectivity index is 1.62. The number of aromatic nitrogens is 3. The van der Waals surface area contributed by atoms with Crippen LogP contribution in [0.5, 0.6) is 0 Å². The molecule has 0 unspecified atom stereocenters. The highest BCUT2D eigenvalue weighted by atomic mass is 32.2. The van der Waals surface area contributed by atoms with Gasteiger partial charge >= 0.3 is 0 Å². The van der Waals surface area contributed by atoms with E-state index in [1.807, 2.05) is 23.7 Å². The summed E-state index contributed by atoms with van der Waals surface area (Å²) in [5.41, 5.74) is 2.65. The lowest BCUT2D eigenvalue weighted by Crippen LogP contribution is -2.28. The van der Waals surface area contributed by atoms with E-state index in [9.17, 15) is 9.18 Å². The van der Waals surface area contributed by atoms with E-state index in [1.54, 1.807) is 25.2 Å². The monoisotopic (exact) mass is 441 g/mol. The van der Waals surface area contributed by atoms with Crippen LogP contribution >= 0.6 is 11.8 Å². The van der Waals surface area contributed by atoms with Crippen LogP contribution < -0.4 is 4.90 Å². The molecule has 0 N–H and O–H groups in total. The van der Waals surface area contributed by atoms with Crippen molar-refractivity contribution in [3.63, 3.8) is 0 Å². The summed E-state index contributed by atoms with van der Waals surface area (Å²) in [6.07, 6.45) is 0. The molecule has 1 amide bonds. The Labute approximate surface area is 187 Å². The number of benzene rings is 2. The van der Waals surface area contributed by atoms with Crippen molar-refractivity contribution in [2.45, 2.75) is 25.5 Å². The standard InChI is InChI=1S/C23H28FN5OS/c1-5-29(6-2)19-13-11-17(12-14-19)22-25-26-23(28(22)4)31-16-21(30)27(3)15-18-9-7-8-10-20(18)24/h7-14H,5-6,15-16H2,1-4H3. The molecule has 0 aliphatic heterocycles. The number of carbonyl (C=O) groups is 1. The molecule has 0 radical (unpaired) electrons. The molecule has 0 aliphatic rings. The maximum absolute atomic E-state index is 13.8. The molecule has 0 bridgehead atoms. The van der Waals surface area contributed by atoms with Gasteiger partial charge in [0, 0.05) is 50.5 Å². The summed E-state index contributed by atoms with van der Waals surface area (Å²) in [5.74, 6) is 0.555. The molecule has 3 rings (SSSR count). The molecule has 164 valence electrons. The van der Waals surface area contributed by atoms with Crippen molar-refractivity contribution in [2.75, 3.05) is 30.8 Å². The number of hydrogen-bond acceptors (Lipinski definition) is 5. The molecular weight excluding hydrogens is 413 g/mol. The molecule has 0 fully saturated rings. The second kappa shape index (κ2) is 10.4. The van der Waals surface area contributed by atoms with Crippen LogP contribution in [0.25, 0.3) is 11.4 Å². The first-order valence-corrected chi connectivity index (χ1v) is 11.3. The zero-order valence-corrected chi connectivity index (χ0v) is 19.2. The zero-order chi connectivity index (χ0) is 22.4. The first-order valence-electron chi connectivity index (χ1n) is 10.3. The quantitative estimate of drug-likeness (QED) is 0.466. The van der Waals surface area contributed by atoms with Crippen LogP contribution in [0, 0.1) is 5.82 Å². The third kappa shape index (κ3) is 5.44. The molecule has 0 aliphatic carbocycles. The lowest BCUT2D eigenvalue weighted by atomic mass is 10.2. The van der Waals surface area contributed by atoms with Crippen molar-refractivity contribution in [1.29, 1.82) is 0 Å². The fourth-order valence-corrected chi connectivity index (χ4v) is 4.16. The Bertz CT molecular complexity index is 1020. The first kappa shape index (κ1) is 22.8. The number of thioether (sulfide) groups is 1. The SMILES string of the molecule is CCN(CC)c1ccc(-c2nnc(SCC(=O)N(C)Cc3ccccc3F)n2C)cc1. The highest BCUT2D eigenvalue weighted by Gasteiger charge is 2.16. The van der Waals surface area contributed by atoms with E-state index in [0.717, 1.165) is 24.5 Å². The predicted molar refractivity (Wildman–Crippen MR) is 124 cm³/mol. The van der Waals surface area contributed by atoms with E-state index in [0.29, 0.717) is 10.7 Å². The van der Waals surface area contributed by atoms with Crippen LogP contribution in [-0.4, -0.2) is 51.5 Å². The van der Waals surface area contributed by atoms with E-state index < -0.39 is 0 Å². The van der Waals surface area contributed by atoms with Gasteiger partial charge in [0.25, 0.3) is 0 Å². The predicted octanol–water partition coefficient (Wildman–Crippen LogP) is 4.22. The number of nitrogens with zero attached hydrogens (tertiary/aromatic N) is 5. The van der Waals surface area contributed by atoms with Crippen LogP contribution in [0.2, 0.25) is 0 Å². The maximum atomic E-state index is 13.8. The second-order valence-corrected chi connectivity index (χ2v) is 8.16. The molecule has 0 saturated carbocycles. The van der Waals surface area contributed by atoms with Gasteiger partial charge in [0.15, 0.2) is 11.0 Å². The van der Waals surface area contributed by atoms with E-state index in [-0.39, 0.29) is 24.0 Å². The van der Waals surface area contributed by atoms with Gasteiger partial charge in [-0.1, -0.05) is 30.0 Å². The van der Waals surface area contributed by atoms with Gasteiger partial charge in [-0.2, -0.15) is 0 Å². The molecular formula is C23H28FN5OS. The molecule has 0 atom stereocenters. The van der Waals surface area contributed by atoms with Crippen LogP contribution in [0.4, 0.5) is 10.1 Å². The summed E-state index contributed by atoms with van der Waals surface area (Å²) in [4.78, 5) is 16.3. The zero-order valence-electron chi connectivity index (χ0n) is 18.4. The van der Waals surface area contributed by atoms with Gasteiger partial charge < -0.3 is 14.4 Å². The molecule has 31 heavy (non-hydrogen) atoms. The number of carbonyl (C=O) groups excluding carboxylic acids is 1. The van der Waals surface area contributed by atoms with Gasteiger partial charge in [0.05, 0.1) is 5.75 Å². The Morgan fingerprint density at radius 3 is 2.39 bits per heavy atom. The van der Waals surface area contributed by atoms with Crippen molar-refractivity contribution >= 4 is 23.4 Å². The van der Waals surface area contributed by atoms with Crippen molar-refractivity contribution in [2.24, 2.45) is 7.05 Å². The Morgan fingerprint density at radius 2 is 1.74 bits per heavy atom. The van der Waals surface area contributed by atoms with Gasteiger partial charge in [0.1, 0.15) is 5.82 Å². The van der Waals surface area contributed by atoms with Crippen LogP contribution in [0.1, 0.15) is 19.4 Å². The first-order chi connectivity index (χ1) is 14.9. The fraction of sp³-hybridized carbons (Fsp3) is 0.348. The lowest BCUT2D eigenvalue weighted by Gasteiger charge is -2.21. The van der Waals surface area contributed by atoms with Gasteiger partial charge in [-0.25, -0.2) is 4.39 Å². The lowest BCUT2D eigenvalue weighted by molar-refractivity contribution is -0.127. The normalized spacial score (nSPS) is 10.9. The summed E-state index contributed by atoms with van der Waals surface area (Å²) in [6.45, 7) is 6.42. The van der Waals surface area contributed by atoms with Crippen molar-refractivity contribution < 1.29 is 9.18 Å². The highest BCUT2D eigenvalue weighted by Crippen LogP contribution is 2.25. The average molecular weight is 442 g/mol. The molecule has 0 saturated heterocycles. The second-order valence-electron chi connectivity index (χ2n) is 7.21. The Kier molecular flexibility index (Phi) is 7.68. The van der Waals surface area contributed by atoms with Gasteiger partial charge in [-0.05, 0) is 44.2 Å². The van der Waals surface area contributed by atoms with E-state index in [1.165, 1.54) is 28.4 Å². The number of rotatable bonds is 9. The fourth-order valence-electron chi connectivity index (χ4n) is 3.31. The smallest absolute Gasteiger partial charge is 0.233 e. The van der Waals surface area contributed by atoms with Crippen molar-refractivity contribution in [3.8, 4) is 11.4 Å². The van der Waals surface area contributed by atoms with E-state index in [4.69, 9.17) is 0 Å². The minimum absolute atomic E-state index is 0.0959.